The third kappa shape index (κ3) is 6.64. The van der Waals surface area contributed by atoms with E-state index < -0.39 is 30.0 Å². The fourth-order valence-corrected chi connectivity index (χ4v) is 2.60. The van der Waals surface area contributed by atoms with Crippen molar-refractivity contribution in [3.8, 4) is 5.69 Å². The van der Waals surface area contributed by atoms with Gasteiger partial charge < -0.3 is 20.1 Å². The van der Waals surface area contributed by atoms with Gasteiger partial charge in [0.25, 0.3) is 5.91 Å². The van der Waals surface area contributed by atoms with Crippen LogP contribution in [-0.4, -0.2) is 37.8 Å². The Labute approximate surface area is 180 Å². The van der Waals surface area contributed by atoms with E-state index in [4.69, 9.17) is 9.90 Å². The molecule has 32 heavy (non-hydrogen) atoms. The number of carbonyl (C=O) groups excluding carboxylic acids is 1. The number of benzene rings is 2. The molecule has 1 aromatic heterocycles. The van der Waals surface area contributed by atoms with Crippen molar-refractivity contribution in [2.75, 3.05) is 0 Å². The Morgan fingerprint density at radius 1 is 1.12 bits per heavy atom. The number of para-hydroxylation sites is 1. The van der Waals surface area contributed by atoms with E-state index in [1.54, 1.807) is 6.20 Å². The Morgan fingerprint density at radius 3 is 2.25 bits per heavy atom. The van der Waals surface area contributed by atoms with Crippen molar-refractivity contribution in [1.29, 1.82) is 0 Å². The lowest BCUT2D eigenvalue weighted by Crippen LogP contribution is -2.29. The molecule has 0 spiro atoms. The van der Waals surface area contributed by atoms with Crippen molar-refractivity contribution in [3.63, 3.8) is 0 Å². The molecule has 3 N–H and O–H groups in total. The molecule has 0 aliphatic rings. The van der Waals surface area contributed by atoms with Crippen molar-refractivity contribution < 1.29 is 37.4 Å². The van der Waals surface area contributed by atoms with E-state index >= 15 is 0 Å². The van der Waals surface area contributed by atoms with E-state index in [1.807, 2.05) is 42.0 Å². The highest BCUT2D eigenvalue weighted by atomic mass is 19.4. The van der Waals surface area contributed by atoms with Gasteiger partial charge in [-0.1, -0.05) is 30.3 Å². The zero-order chi connectivity index (χ0) is 23.9. The number of aliphatic hydroxyl groups excluding tert-OH is 1. The smallest absolute Gasteiger partial charge is 0.475 e. The van der Waals surface area contributed by atoms with Crippen LogP contribution in [-0.2, 0) is 16.1 Å². The molecule has 11 heteroatoms. The number of carbonyl (C=O) groups is 2. The van der Waals surface area contributed by atoms with E-state index in [1.165, 1.54) is 24.3 Å². The maximum absolute atomic E-state index is 12.9. The lowest BCUT2D eigenvalue weighted by atomic mass is 10.1. The Kier molecular flexibility index (Phi) is 8.08. The van der Waals surface area contributed by atoms with Gasteiger partial charge in [0.15, 0.2) is 6.10 Å². The minimum absolute atomic E-state index is 0.255. The van der Waals surface area contributed by atoms with Crippen LogP contribution in [0.1, 0.15) is 23.1 Å². The number of amides is 1. The highest BCUT2D eigenvalue weighted by Crippen LogP contribution is 2.18. The average molecular weight is 453 g/mol. The number of carboxylic acids is 1. The number of halogens is 4. The summed E-state index contributed by atoms with van der Waals surface area (Å²) in [5, 5.41) is 19.9. The van der Waals surface area contributed by atoms with Crippen molar-refractivity contribution in [2.24, 2.45) is 0 Å². The standard InChI is InChI=1S/C19H18FN3O2.C2HF3O2/c1-13-21-10-11-23(13)17-5-3-2-4-15(17)12-22-19(25)18(24)14-6-8-16(20)9-7-14;3-2(4,5)1(6)7/h2-11,18,24H,12H2,1H3,(H,22,25);(H,6,7). The van der Waals surface area contributed by atoms with E-state index in [2.05, 4.69) is 10.3 Å². The number of hydrogen-bond acceptors (Lipinski definition) is 4. The fraction of sp³-hybridized carbons (Fsp3) is 0.190. The molecule has 0 saturated carbocycles. The second kappa shape index (κ2) is 10.5. The average Bonchev–Trinajstić information content (AvgIpc) is 3.17. The van der Waals surface area contributed by atoms with Crippen molar-refractivity contribution in [2.45, 2.75) is 25.7 Å². The summed E-state index contributed by atoms with van der Waals surface area (Å²) in [6.07, 6.45) is -2.87. The van der Waals surface area contributed by atoms with Crippen molar-refractivity contribution in [1.82, 2.24) is 14.9 Å². The number of imidazole rings is 1. The number of aliphatic hydroxyl groups is 1. The van der Waals surface area contributed by atoms with Gasteiger partial charge in [-0.15, -0.1) is 0 Å². The Balaban J connectivity index is 0.000000451. The van der Waals surface area contributed by atoms with Gasteiger partial charge in [0.1, 0.15) is 11.6 Å². The molecule has 0 saturated heterocycles. The van der Waals surface area contributed by atoms with Gasteiger partial charge >= 0.3 is 12.1 Å². The highest BCUT2D eigenvalue weighted by molar-refractivity contribution is 5.82. The van der Waals surface area contributed by atoms with E-state index in [0.717, 1.165) is 17.1 Å². The van der Waals surface area contributed by atoms with Crippen molar-refractivity contribution >= 4 is 11.9 Å². The summed E-state index contributed by atoms with van der Waals surface area (Å²) in [4.78, 5) is 25.3. The van der Waals surface area contributed by atoms with Crippen molar-refractivity contribution in [3.05, 3.63) is 83.7 Å². The van der Waals surface area contributed by atoms with Gasteiger partial charge in [0, 0.05) is 18.9 Å². The molecule has 3 aromatic rings. The third-order valence-electron chi connectivity index (χ3n) is 4.21. The summed E-state index contributed by atoms with van der Waals surface area (Å²) in [5.74, 6) is -2.87. The van der Waals surface area contributed by atoms with Crippen LogP contribution >= 0.6 is 0 Å². The van der Waals surface area contributed by atoms with Crippen LogP contribution in [0, 0.1) is 12.7 Å². The van der Waals surface area contributed by atoms with Gasteiger partial charge in [-0.3, -0.25) is 4.79 Å². The Hall–Kier alpha value is -3.73. The minimum Gasteiger partial charge on any atom is -0.475 e. The van der Waals surface area contributed by atoms with Crippen LogP contribution in [0.5, 0.6) is 0 Å². The Bertz CT molecular complexity index is 1070. The summed E-state index contributed by atoms with van der Waals surface area (Å²) >= 11 is 0. The maximum atomic E-state index is 12.9. The minimum atomic E-state index is -5.08. The van der Waals surface area contributed by atoms with Gasteiger partial charge in [0.2, 0.25) is 0 Å². The zero-order valence-electron chi connectivity index (χ0n) is 16.7. The maximum Gasteiger partial charge on any atom is 0.490 e. The van der Waals surface area contributed by atoms with Crippen LogP contribution in [0.25, 0.3) is 5.69 Å². The number of nitrogens with one attached hydrogen (secondary N) is 1. The quantitative estimate of drug-likeness (QED) is 0.515. The first-order valence-electron chi connectivity index (χ1n) is 9.10. The summed E-state index contributed by atoms with van der Waals surface area (Å²) in [6.45, 7) is 2.15. The molecular weight excluding hydrogens is 434 g/mol. The SMILES string of the molecule is Cc1nccn1-c1ccccc1CNC(=O)C(O)c1ccc(F)cc1.O=C(O)C(F)(F)F. The van der Waals surface area contributed by atoms with Crippen LogP contribution < -0.4 is 5.32 Å². The van der Waals surface area contributed by atoms with Crippen LogP contribution in [0.2, 0.25) is 0 Å². The van der Waals surface area contributed by atoms with Gasteiger partial charge in [-0.05, 0) is 36.2 Å². The molecule has 0 aliphatic heterocycles. The summed E-state index contributed by atoms with van der Waals surface area (Å²) < 4.78 is 46.6. The number of hydrogen-bond donors (Lipinski definition) is 3. The van der Waals surface area contributed by atoms with Crippen LogP contribution in [0.3, 0.4) is 0 Å². The first kappa shape index (κ1) is 24.5. The number of aromatic nitrogens is 2. The Morgan fingerprint density at radius 2 is 1.72 bits per heavy atom. The molecule has 3 rings (SSSR count). The van der Waals surface area contributed by atoms with Gasteiger partial charge in [-0.2, -0.15) is 13.2 Å². The molecule has 0 fully saturated rings. The highest BCUT2D eigenvalue weighted by Gasteiger charge is 2.38. The number of aliphatic carboxylic acids is 1. The molecule has 170 valence electrons. The fourth-order valence-electron chi connectivity index (χ4n) is 2.60. The molecule has 1 amide bonds. The third-order valence-corrected chi connectivity index (χ3v) is 4.21. The van der Waals surface area contributed by atoms with E-state index in [-0.39, 0.29) is 6.54 Å². The zero-order valence-corrected chi connectivity index (χ0v) is 16.7. The van der Waals surface area contributed by atoms with Crippen LogP contribution in [0.15, 0.2) is 60.9 Å². The van der Waals surface area contributed by atoms with E-state index in [9.17, 15) is 27.5 Å². The molecular formula is C21H19F4N3O4. The molecule has 0 bridgehead atoms. The number of carboxylic acid groups (broad SMARTS) is 1. The summed E-state index contributed by atoms with van der Waals surface area (Å²) in [5.41, 5.74) is 2.15. The predicted octanol–water partition coefficient (Wildman–Crippen LogP) is 3.30. The normalized spacial score (nSPS) is 11.8. The van der Waals surface area contributed by atoms with Crippen LogP contribution in [0.4, 0.5) is 17.6 Å². The molecule has 0 aliphatic carbocycles. The molecule has 7 nitrogen and oxygen atoms in total. The number of nitrogens with zero attached hydrogens (tertiary/aromatic N) is 2. The topological polar surface area (TPSA) is 104 Å². The molecule has 0 radical (unpaired) electrons. The molecule has 1 heterocycles. The summed E-state index contributed by atoms with van der Waals surface area (Å²) in [7, 11) is 0. The largest absolute Gasteiger partial charge is 0.490 e. The number of aryl methyl sites for hydroxylation is 1. The monoisotopic (exact) mass is 453 g/mol. The number of alkyl halides is 3. The molecule has 2 aromatic carbocycles. The number of rotatable bonds is 5. The van der Waals surface area contributed by atoms with Gasteiger partial charge in [0.05, 0.1) is 5.69 Å². The summed E-state index contributed by atoms with van der Waals surface area (Å²) in [6, 6.07) is 12.8. The first-order chi connectivity index (χ1) is 15.0. The van der Waals surface area contributed by atoms with E-state index in [0.29, 0.717) is 5.56 Å². The van der Waals surface area contributed by atoms with Gasteiger partial charge in [-0.25, -0.2) is 14.2 Å². The molecule has 1 unspecified atom stereocenters. The lowest BCUT2D eigenvalue weighted by molar-refractivity contribution is -0.192. The second-order valence-electron chi connectivity index (χ2n) is 6.45. The predicted molar refractivity (Wildman–Crippen MR) is 105 cm³/mol. The first-order valence-corrected chi connectivity index (χ1v) is 9.10. The second-order valence-corrected chi connectivity index (χ2v) is 6.45. The lowest BCUT2D eigenvalue weighted by Gasteiger charge is -2.15. The molecule has 1 atom stereocenters.